The lowest BCUT2D eigenvalue weighted by Crippen LogP contribution is -2.48. The van der Waals surface area contributed by atoms with Crippen LogP contribution in [0, 0.1) is 0 Å². The Morgan fingerprint density at radius 2 is 2.38 bits per heavy atom. The van der Waals surface area contributed by atoms with Crippen molar-refractivity contribution in [2.75, 3.05) is 24.6 Å². The van der Waals surface area contributed by atoms with Crippen LogP contribution in [-0.4, -0.2) is 41.0 Å². The van der Waals surface area contributed by atoms with Crippen molar-refractivity contribution in [3.63, 3.8) is 0 Å². The summed E-state index contributed by atoms with van der Waals surface area (Å²) in [5.74, 6) is 0.758. The van der Waals surface area contributed by atoms with Gasteiger partial charge in [-0.1, -0.05) is 23.8 Å². The molecule has 1 aliphatic rings. The number of nitrogens with two attached hydrogens (primary N) is 1. The second kappa shape index (κ2) is 4.90. The van der Waals surface area contributed by atoms with Gasteiger partial charge >= 0.3 is 0 Å². The predicted molar refractivity (Wildman–Crippen MR) is 65.8 cm³/mol. The van der Waals surface area contributed by atoms with Crippen LogP contribution in [0.4, 0.5) is 5.82 Å². The Balaban J connectivity index is 2.09. The molecule has 86 valence electrons. The molecule has 0 saturated carbocycles. The number of hydrogen-bond donors (Lipinski definition) is 1. The number of thiocarbonyl (C=S) groups is 1. The minimum Gasteiger partial charge on any atom is -0.391 e. The van der Waals surface area contributed by atoms with E-state index in [1.54, 1.807) is 6.07 Å². The molecule has 0 amide bonds. The van der Waals surface area contributed by atoms with E-state index in [2.05, 4.69) is 10.2 Å². The first kappa shape index (κ1) is 11.5. The number of hydrogen-bond acceptors (Lipinski definition) is 5. The molecule has 1 saturated heterocycles. The fourth-order valence-electron chi connectivity index (χ4n) is 1.51. The topological polar surface area (TPSA) is 64.3 Å². The molecule has 1 atom stereocenters. The molecular weight excluding hydrogens is 248 g/mol. The smallest absolute Gasteiger partial charge is 0.151 e. The van der Waals surface area contributed by atoms with Gasteiger partial charge in [0.1, 0.15) is 11.1 Å². The number of anilines is 1. The average Bonchev–Trinajstić information content (AvgIpc) is 2.30. The first-order valence-electron chi connectivity index (χ1n) is 4.82. The van der Waals surface area contributed by atoms with Crippen LogP contribution >= 0.6 is 23.8 Å². The standard InChI is InChI=1S/C9H11ClN4OS/c10-7-1-2-8(13-12-7)14-3-4-15-6(5-14)9(11)16/h1-2,6H,3-5H2,(H2,11,16). The third kappa shape index (κ3) is 2.58. The Hall–Kier alpha value is -0.980. The normalized spacial score (nSPS) is 20.8. The SMILES string of the molecule is NC(=S)C1CN(c2ccc(Cl)nn2)CCO1. The monoisotopic (exact) mass is 258 g/mol. The van der Waals surface area contributed by atoms with Gasteiger partial charge in [0.05, 0.1) is 13.2 Å². The molecule has 2 heterocycles. The van der Waals surface area contributed by atoms with Crippen molar-refractivity contribution in [2.24, 2.45) is 5.73 Å². The van der Waals surface area contributed by atoms with Crippen molar-refractivity contribution in [1.82, 2.24) is 10.2 Å². The van der Waals surface area contributed by atoms with Gasteiger partial charge in [-0.15, -0.1) is 10.2 Å². The zero-order chi connectivity index (χ0) is 11.5. The highest BCUT2D eigenvalue weighted by molar-refractivity contribution is 7.80. The van der Waals surface area contributed by atoms with Crippen LogP contribution in [0.1, 0.15) is 0 Å². The molecule has 1 unspecified atom stereocenters. The van der Waals surface area contributed by atoms with Crippen LogP contribution in [0.2, 0.25) is 5.15 Å². The van der Waals surface area contributed by atoms with E-state index in [-0.39, 0.29) is 6.10 Å². The molecule has 2 rings (SSSR count). The van der Waals surface area contributed by atoms with E-state index in [4.69, 9.17) is 34.3 Å². The fourth-order valence-corrected chi connectivity index (χ4v) is 1.75. The summed E-state index contributed by atoms with van der Waals surface area (Å²) >= 11 is 10.6. The Labute approximate surface area is 104 Å². The van der Waals surface area contributed by atoms with Crippen molar-refractivity contribution in [2.45, 2.75) is 6.10 Å². The van der Waals surface area contributed by atoms with Crippen LogP contribution in [0.3, 0.4) is 0 Å². The number of aromatic nitrogens is 2. The van der Waals surface area contributed by atoms with E-state index >= 15 is 0 Å². The number of rotatable bonds is 2. The Bertz CT molecular complexity index is 386. The van der Waals surface area contributed by atoms with Crippen LogP contribution < -0.4 is 10.6 Å². The second-order valence-electron chi connectivity index (χ2n) is 3.42. The minimum absolute atomic E-state index is 0.221. The van der Waals surface area contributed by atoms with E-state index in [1.807, 2.05) is 11.0 Å². The third-order valence-electron chi connectivity index (χ3n) is 2.33. The second-order valence-corrected chi connectivity index (χ2v) is 4.28. The maximum absolute atomic E-state index is 5.67. The molecule has 0 aliphatic carbocycles. The molecule has 7 heteroatoms. The lowest BCUT2D eigenvalue weighted by atomic mass is 10.2. The summed E-state index contributed by atoms with van der Waals surface area (Å²) in [4.78, 5) is 2.39. The van der Waals surface area contributed by atoms with Gasteiger partial charge in [0.25, 0.3) is 0 Å². The third-order valence-corrected chi connectivity index (χ3v) is 2.79. The van der Waals surface area contributed by atoms with Crippen LogP contribution in [0.15, 0.2) is 12.1 Å². The van der Waals surface area contributed by atoms with Crippen LogP contribution in [0.5, 0.6) is 0 Å². The summed E-state index contributed by atoms with van der Waals surface area (Å²) in [5.41, 5.74) is 5.55. The summed E-state index contributed by atoms with van der Waals surface area (Å²) in [7, 11) is 0. The summed E-state index contributed by atoms with van der Waals surface area (Å²) in [5, 5.41) is 8.17. The Morgan fingerprint density at radius 1 is 1.56 bits per heavy atom. The average molecular weight is 259 g/mol. The summed E-state index contributed by atoms with van der Waals surface area (Å²) in [6.45, 7) is 1.92. The van der Waals surface area contributed by atoms with Crippen LogP contribution in [0.25, 0.3) is 0 Å². The molecule has 1 aliphatic heterocycles. The molecule has 0 bridgehead atoms. The van der Waals surface area contributed by atoms with Gasteiger partial charge in [0.2, 0.25) is 0 Å². The number of morpholine rings is 1. The van der Waals surface area contributed by atoms with Gasteiger partial charge in [0.15, 0.2) is 11.0 Å². The molecule has 0 spiro atoms. The largest absolute Gasteiger partial charge is 0.391 e. The molecular formula is C9H11ClN4OS. The van der Waals surface area contributed by atoms with E-state index in [1.165, 1.54) is 0 Å². The molecule has 1 aromatic heterocycles. The maximum atomic E-state index is 5.67. The molecule has 1 aromatic rings. The predicted octanol–water partition coefficient (Wildman–Crippen LogP) is 0.621. The van der Waals surface area contributed by atoms with Crippen molar-refractivity contribution in [3.05, 3.63) is 17.3 Å². The van der Waals surface area contributed by atoms with Gasteiger partial charge < -0.3 is 15.4 Å². The lowest BCUT2D eigenvalue weighted by Gasteiger charge is -2.32. The van der Waals surface area contributed by atoms with E-state index in [0.29, 0.717) is 23.3 Å². The van der Waals surface area contributed by atoms with Crippen molar-refractivity contribution in [1.29, 1.82) is 0 Å². The first-order chi connectivity index (χ1) is 7.66. The van der Waals surface area contributed by atoms with Gasteiger partial charge in [-0.25, -0.2) is 0 Å². The zero-order valence-corrected chi connectivity index (χ0v) is 10.0. The highest BCUT2D eigenvalue weighted by atomic mass is 35.5. The fraction of sp³-hybridized carbons (Fsp3) is 0.444. The summed E-state index contributed by atoms with van der Waals surface area (Å²) < 4.78 is 5.43. The van der Waals surface area contributed by atoms with Gasteiger partial charge in [0, 0.05) is 6.54 Å². The molecule has 0 aromatic carbocycles. The summed E-state index contributed by atoms with van der Waals surface area (Å²) in [6, 6.07) is 3.52. The van der Waals surface area contributed by atoms with E-state index < -0.39 is 0 Å². The lowest BCUT2D eigenvalue weighted by molar-refractivity contribution is 0.0843. The van der Waals surface area contributed by atoms with E-state index in [9.17, 15) is 0 Å². The Kier molecular flexibility index (Phi) is 3.52. The minimum atomic E-state index is -0.221. The highest BCUT2D eigenvalue weighted by Gasteiger charge is 2.23. The van der Waals surface area contributed by atoms with Gasteiger partial charge in [-0.2, -0.15) is 0 Å². The number of ether oxygens (including phenoxy) is 1. The van der Waals surface area contributed by atoms with Crippen molar-refractivity contribution < 1.29 is 4.74 Å². The van der Waals surface area contributed by atoms with E-state index in [0.717, 1.165) is 12.4 Å². The first-order valence-corrected chi connectivity index (χ1v) is 5.60. The number of halogens is 1. The molecule has 1 fully saturated rings. The Morgan fingerprint density at radius 3 is 3.00 bits per heavy atom. The molecule has 2 N–H and O–H groups in total. The number of nitrogens with zero attached hydrogens (tertiary/aromatic N) is 3. The van der Waals surface area contributed by atoms with Crippen molar-refractivity contribution in [3.8, 4) is 0 Å². The van der Waals surface area contributed by atoms with Crippen molar-refractivity contribution >= 4 is 34.6 Å². The zero-order valence-electron chi connectivity index (χ0n) is 8.47. The summed E-state index contributed by atoms with van der Waals surface area (Å²) in [6.07, 6.45) is -0.221. The molecule has 5 nitrogen and oxygen atoms in total. The van der Waals surface area contributed by atoms with Gasteiger partial charge in [-0.05, 0) is 12.1 Å². The maximum Gasteiger partial charge on any atom is 0.151 e. The highest BCUT2D eigenvalue weighted by Crippen LogP contribution is 2.15. The quantitative estimate of drug-likeness (QED) is 0.785. The molecule has 0 radical (unpaired) electrons. The molecule has 16 heavy (non-hydrogen) atoms. The van der Waals surface area contributed by atoms with Gasteiger partial charge in [-0.3, -0.25) is 0 Å². The van der Waals surface area contributed by atoms with Crippen LogP contribution in [-0.2, 0) is 4.74 Å².